The summed E-state index contributed by atoms with van der Waals surface area (Å²) >= 11 is 0. The molecule has 0 bridgehead atoms. The van der Waals surface area contributed by atoms with Crippen LogP contribution in [0.2, 0.25) is 0 Å². The summed E-state index contributed by atoms with van der Waals surface area (Å²) in [5.41, 5.74) is 9.68. The second-order valence-corrected chi connectivity index (χ2v) is 4.22. The Hall–Kier alpha value is -2.30. The summed E-state index contributed by atoms with van der Waals surface area (Å²) in [6.07, 6.45) is 0. The Labute approximate surface area is 105 Å². The minimum absolute atomic E-state index is 0.137. The Kier molecular flexibility index (Phi) is 3.32. The van der Waals surface area contributed by atoms with E-state index in [1.807, 2.05) is 13.8 Å². The predicted octanol–water partition coefficient (Wildman–Crippen LogP) is 1.54. The highest BCUT2D eigenvalue weighted by Gasteiger charge is 2.09. The molecule has 1 heterocycles. The van der Waals surface area contributed by atoms with E-state index in [4.69, 9.17) is 5.73 Å². The molecule has 0 fully saturated rings. The molecule has 4 N–H and O–H groups in total. The third kappa shape index (κ3) is 2.51. The molecule has 2 rings (SSSR count). The number of nitrogens with one attached hydrogen (secondary N) is 2. The Bertz CT molecular complexity index is 555. The number of hydrogen-bond donors (Lipinski definition) is 3. The first-order valence-corrected chi connectivity index (χ1v) is 5.72. The summed E-state index contributed by atoms with van der Waals surface area (Å²) in [6.45, 7) is 4.30. The maximum absolute atomic E-state index is 11.9. The van der Waals surface area contributed by atoms with Gasteiger partial charge < -0.3 is 11.1 Å². The van der Waals surface area contributed by atoms with Crippen molar-refractivity contribution >= 4 is 11.6 Å². The number of benzene rings is 1. The molecule has 0 saturated heterocycles. The third-order valence-corrected chi connectivity index (χ3v) is 2.86. The molecule has 1 aromatic carbocycles. The number of carbonyl (C=O) groups is 1. The summed E-state index contributed by atoms with van der Waals surface area (Å²) < 4.78 is 0. The number of amides is 1. The second-order valence-electron chi connectivity index (χ2n) is 4.22. The first-order valence-electron chi connectivity index (χ1n) is 5.72. The molecule has 5 nitrogen and oxygen atoms in total. The summed E-state index contributed by atoms with van der Waals surface area (Å²) in [5.74, 6) is -0.137. The first kappa shape index (κ1) is 12.2. The van der Waals surface area contributed by atoms with Gasteiger partial charge in [-0.3, -0.25) is 9.89 Å². The molecule has 0 aliphatic rings. The van der Waals surface area contributed by atoms with Crippen molar-refractivity contribution in [2.45, 2.75) is 20.4 Å². The van der Waals surface area contributed by atoms with Crippen LogP contribution in [0.4, 0.5) is 5.69 Å². The number of anilines is 1. The van der Waals surface area contributed by atoms with Gasteiger partial charge in [0.05, 0.1) is 5.69 Å². The minimum Gasteiger partial charge on any atom is -0.399 e. The molecular formula is C13H16N4O. The maximum Gasteiger partial charge on any atom is 0.251 e. The number of nitrogens with zero attached hydrogens (tertiary/aromatic N) is 1. The molecule has 0 aliphatic carbocycles. The summed E-state index contributed by atoms with van der Waals surface area (Å²) in [6, 6.07) is 6.91. The van der Waals surface area contributed by atoms with Gasteiger partial charge in [0.15, 0.2) is 0 Å². The van der Waals surface area contributed by atoms with Crippen LogP contribution in [-0.2, 0) is 6.54 Å². The SMILES string of the molecule is Cc1n[nH]c(C)c1CNC(=O)c1cccc(N)c1. The summed E-state index contributed by atoms with van der Waals surface area (Å²) in [4.78, 5) is 11.9. The second kappa shape index (κ2) is 4.91. The maximum atomic E-state index is 11.9. The standard InChI is InChI=1S/C13H16N4O/c1-8-12(9(2)17-16-8)7-15-13(18)10-4-3-5-11(14)6-10/h3-6H,7,14H2,1-2H3,(H,15,18)(H,16,17). The molecule has 1 amide bonds. The average Bonchev–Trinajstić information content (AvgIpc) is 2.66. The minimum atomic E-state index is -0.137. The molecule has 5 heteroatoms. The van der Waals surface area contributed by atoms with Crippen LogP contribution in [0.15, 0.2) is 24.3 Å². The van der Waals surface area contributed by atoms with Crippen LogP contribution in [0, 0.1) is 13.8 Å². The van der Waals surface area contributed by atoms with Gasteiger partial charge in [-0.25, -0.2) is 0 Å². The largest absolute Gasteiger partial charge is 0.399 e. The molecule has 2 aromatic rings. The number of H-pyrrole nitrogens is 1. The normalized spacial score (nSPS) is 10.3. The number of aryl methyl sites for hydroxylation is 2. The van der Waals surface area contributed by atoms with Gasteiger partial charge in [-0.15, -0.1) is 0 Å². The van der Waals surface area contributed by atoms with Gasteiger partial charge in [-0.1, -0.05) is 6.07 Å². The van der Waals surface area contributed by atoms with Gasteiger partial charge in [0.1, 0.15) is 0 Å². The van der Waals surface area contributed by atoms with Crippen LogP contribution in [0.5, 0.6) is 0 Å². The number of aromatic amines is 1. The lowest BCUT2D eigenvalue weighted by Gasteiger charge is -2.06. The van der Waals surface area contributed by atoms with E-state index in [-0.39, 0.29) is 5.91 Å². The van der Waals surface area contributed by atoms with Crippen LogP contribution < -0.4 is 11.1 Å². The molecule has 0 atom stereocenters. The zero-order chi connectivity index (χ0) is 13.1. The van der Waals surface area contributed by atoms with Crippen molar-refractivity contribution < 1.29 is 4.79 Å². The molecule has 0 spiro atoms. The smallest absolute Gasteiger partial charge is 0.251 e. The van der Waals surface area contributed by atoms with Gasteiger partial charge in [0, 0.05) is 29.1 Å². The lowest BCUT2D eigenvalue weighted by Crippen LogP contribution is -2.23. The molecule has 0 unspecified atom stereocenters. The third-order valence-electron chi connectivity index (χ3n) is 2.86. The monoisotopic (exact) mass is 244 g/mol. The van der Waals surface area contributed by atoms with Crippen molar-refractivity contribution in [3.63, 3.8) is 0 Å². The highest BCUT2D eigenvalue weighted by Crippen LogP contribution is 2.10. The van der Waals surface area contributed by atoms with Gasteiger partial charge in [-0.05, 0) is 32.0 Å². The van der Waals surface area contributed by atoms with Crippen molar-refractivity contribution in [1.29, 1.82) is 0 Å². The molecule has 0 aliphatic heterocycles. The van der Waals surface area contributed by atoms with Crippen LogP contribution in [0.1, 0.15) is 27.3 Å². The van der Waals surface area contributed by atoms with E-state index in [0.717, 1.165) is 17.0 Å². The molecule has 18 heavy (non-hydrogen) atoms. The van der Waals surface area contributed by atoms with E-state index in [9.17, 15) is 4.79 Å². The highest BCUT2D eigenvalue weighted by molar-refractivity contribution is 5.94. The number of nitrogens with two attached hydrogens (primary N) is 1. The Balaban J connectivity index is 2.05. The average molecular weight is 244 g/mol. The number of rotatable bonds is 3. The van der Waals surface area contributed by atoms with E-state index >= 15 is 0 Å². The van der Waals surface area contributed by atoms with Crippen molar-refractivity contribution in [2.24, 2.45) is 0 Å². The molecule has 0 radical (unpaired) electrons. The molecule has 0 saturated carbocycles. The van der Waals surface area contributed by atoms with Crippen molar-refractivity contribution in [1.82, 2.24) is 15.5 Å². The number of carbonyl (C=O) groups excluding carboxylic acids is 1. The van der Waals surface area contributed by atoms with Crippen molar-refractivity contribution in [2.75, 3.05) is 5.73 Å². The van der Waals surface area contributed by atoms with Crippen molar-refractivity contribution in [3.8, 4) is 0 Å². The fourth-order valence-electron chi connectivity index (χ4n) is 1.79. The van der Waals surface area contributed by atoms with E-state index < -0.39 is 0 Å². The topological polar surface area (TPSA) is 83.8 Å². The predicted molar refractivity (Wildman–Crippen MR) is 70.1 cm³/mol. The lowest BCUT2D eigenvalue weighted by molar-refractivity contribution is 0.0951. The molecule has 94 valence electrons. The zero-order valence-electron chi connectivity index (χ0n) is 10.4. The van der Waals surface area contributed by atoms with Crippen molar-refractivity contribution in [3.05, 3.63) is 46.8 Å². The van der Waals surface area contributed by atoms with Crippen LogP contribution >= 0.6 is 0 Å². The number of nitrogen functional groups attached to an aromatic ring is 1. The molecular weight excluding hydrogens is 228 g/mol. The lowest BCUT2D eigenvalue weighted by atomic mass is 10.1. The van der Waals surface area contributed by atoms with Gasteiger partial charge >= 0.3 is 0 Å². The van der Waals surface area contributed by atoms with Crippen LogP contribution in [0.25, 0.3) is 0 Å². The Morgan fingerprint density at radius 3 is 2.83 bits per heavy atom. The Morgan fingerprint density at radius 1 is 1.44 bits per heavy atom. The van der Waals surface area contributed by atoms with E-state index in [0.29, 0.717) is 17.8 Å². The summed E-state index contributed by atoms with van der Waals surface area (Å²) in [7, 11) is 0. The van der Waals surface area contributed by atoms with E-state index in [2.05, 4.69) is 15.5 Å². The van der Waals surface area contributed by atoms with Gasteiger partial charge in [0.2, 0.25) is 0 Å². The Morgan fingerprint density at radius 2 is 2.22 bits per heavy atom. The highest BCUT2D eigenvalue weighted by atomic mass is 16.1. The first-order chi connectivity index (χ1) is 8.58. The van der Waals surface area contributed by atoms with Crippen LogP contribution in [-0.4, -0.2) is 16.1 Å². The van der Waals surface area contributed by atoms with E-state index in [1.54, 1.807) is 24.3 Å². The van der Waals surface area contributed by atoms with Gasteiger partial charge in [0.25, 0.3) is 5.91 Å². The number of hydrogen-bond acceptors (Lipinski definition) is 3. The fourth-order valence-corrected chi connectivity index (χ4v) is 1.79. The fraction of sp³-hybridized carbons (Fsp3) is 0.231. The van der Waals surface area contributed by atoms with Crippen LogP contribution in [0.3, 0.4) is 0 Å². The van der Waals surface area contributed by atoms with E-state index in [1.165, 1.54) is 0 Å². The van der Waals surface area contributed by atoms with Gasteiger partial charge in [-0.2, -0.15) is 5.10 Å². The quantitative estimate of drug-likeness (QED) is 0.716. The summed E-state index contributed by atoms with van der Waals surface area (Å²) in [5, 5.41) is 9.83. The number of aromatic nitrogens is 2. The molecule has 1 aromatic heterocycles. The zero-order valence-corrected chi connectivity index (χ0v) is 10.4.